The summed E-state index contributed by atoms with van der Waals surface area (Å²) in [5.74, 6) is -0.252. The Hall–Kier alpha value is -0.550. The topological polar surface area (TPSA) is 29.1 Å². The van der Waals surface area contributed by atoms with Crippen LogP contribution in [0, 0.1) is 0 Å². The van der Waals surface area contributed by atoms with E-state index in [2.05, 4.69) is 37.2 Å². The van der Waals surface area contributed by atoms with Crippen molar-refractivity contribution in [3.05, 3.63) is 61.0 Å². The Bertz CT molecular complexity index is 647. The van der Waals surface area contributed by atoms with E-state index in [1.165, 1.54) is 0 Å². The summed E-state index contributed by atoms with van der Waals surface area (Å²) in [6.45, 7) is 0. The highest BCUT2D eigenvalue weighted by atomic mass is 79.9. The van der Waals surface area contributed by atoms with E-state index < -0.39 is 0 Å². The van der Waals surface area contributed by atoms with Crippen LogP contribution in [0.1, 0.15) is 10.4 Å². The number of rotatable bonds is 2. The number of hydrogen-bond acceptors (Lipinski definition) is 1. The zero-order chi connectivity index (χ0) is 14.0. The molecule has 0 fully saturated rings. The first-order chi connectivity index (χ1) is 8.97. The number of benzene rings is 2. The molecule has 0 atom stereocenters. The molecular formula is C13H7Br2Cl2NO. The molecule has 1 N–H and O–H groups in total. The minimum Gasteiger partial charge on any atom is -0.321 e. The van der Waals surface area contributed by atoms with Gasteiger partial charge in [0.1, 0.15) is 0 Å². The summed E-state index contributed by atoms with van der Waals surface area (Å²) in [5.41, 5.74) is 1.11. The quantitative estimate of drug-likeness (QED) is 0.652. The molecule has 0 aliphatic rings. The molecule has 0 saturated carbocycles. The lowest BCUT2D eigenvalue weighted by molar-refractivity contribution is 0.102. The number of anilines is 1. The Labute approximate surface area is 137 Å². The number of halogens is 4. The Morgan fingerprint density at radius 1 is 0.947 bits per heavy atom. The molecule has 0 aromatic heterocycles. The molecule has 0 spiro atoms. The van der Waals surface area contributed by atoms with E-state index in [1.807, 2.05) is 0 Å². The number of carbonyl (C=O) groups excluding carboxylic acids is 1. The lowest BCUT2D eigenvalue weighted by atomic mass is 10.2. The second kappa shape index (κ2) is 6.27. The van der Waals surface area contributed by atoms with Crippen LogP contribution in [-0.2, 0) is 0 Å². The normalized spacial score (nSPS) is 10.3. The molecule has 2 nitrogen and oxygen atoms in total. The van der Waals surface area contributed by atoms with Gasteiger partial charge in [-0.3, -0.25) is 4.79 Å². The van der Waals surface area contributed by atoms with E-state index in [-0.39, 0.29) is 5.91 Å². The van der Waals surface area contributed by atoms with Crippen molar-refractivity contribution in [2.24, 2.45) is 0 Å². The molecule has 0 aliphatic heterocycles. The van der Waals surface area contributed by atoms with Crippen molar-refractivity contribution in [1.29, 1.82) is 0 Å². The third-order valence-corrected chi connectivity index (χ3v) is 4.17. The van der Waals surface area contributed by atoms with Crippen LogP contribution in [0.3, 0.4) is 0 Å². The third kappa shape index (κ3) is 3.72. The first kappa shape index (κ1) is 14.9. The van der Waals surface area contributed by atoms with Crippen LogP contribution >= 0.6 is 55.1 Å². The van der Waals surface area contributed by atoms with E-state index in [1.54, 1.807) is 36.4 Å². The number of nitrogens with one attached hydrogen (secondary N) is 1. The van der Waals surface area contributed by atoms with Gasteiger partial charge in [0.2, 0.25) is 0 Å². The van der Waals surface area contributed by atoms with Gasteiger partial charge in [-0.15, -0.1) is 0 Å². The van der Waals surface area contributed by atoms with Gasteiger partial charge in [-0.2, -0.15) is 0 Å². The largest absolute Gasteiger partial charge is 0.321 e. The molecule has 19 heavy (non-hydrogen) atoms. The van der Waals surface area contributed by atoms with E-state index in [9.17, 15) is 4.79 Å². The fourth-order valence-electron chi connectivity index (χ4n) is 1.45. The maximum atomic E-state index is 12.2. The summed E-state index contributed by atoms with van der Waals surface area (Å²) in [6, 6.07) is 10.2. The molecule has 2 aromatic carbocycles. The van der Waals surface area contributed by atoms with Crippen molar-refractivity contribution < 1.29 is 4.79 Å². The maximum Gasteiger partial charge on any atom is 0.256 e. The zero-order valence-corrected chi connectivity index (χ0v) is 14.1. The summed E-state index contributed by atoms with van der Waals surface area (Å²) in [5, 5.41) is 3.88. The van der Waals surface area contributed by atoms with E-state index in [0.717, 1.165) is 0 Å². The van der Waals surface area contributed by atoms with Gasteiger partial charge in [-0.05, 0) is 68.3 Å². The predicted octanol–water partition coefficient (Wildman–Crippen LogP) is 5.77. The highest BCUT2D eigenvalue weighted by Crippen LogP contribution is 2.28. The van der Waals surface area contributed by atoms with E-state index in [0.29, 0.717) is 30.2 Å². The number of amides is 1. The summed E-state index contributed by atoms with van der Waals surface area (Å²) >= 11 is 18.4. The monoisotopic (exact) mass is 421 g/mol. The van der Waals surface area contributed by atoms with Gasteiger partial charge in [0.25, 0.3) is 5.91 Å². The molecule has 0 saturated heterocycles. The van der Waals surface area contributed by atoms with Gasteiger partial charge in [-0.1, -0.05) is 23.2 Å². The van der Waals surface area contributed by atoms with Gasteiger partial charge in [0.05, 0.1) is 11.3 Å². The molecule has 0 bridgehead atoms. The average Bonchev–Trinajstić information content (AvgIpc) is 2.35. The predicted molar refractivity (Wildman–Crippen MR) is 86.3 cm³/mol. The lowest BCUT2D eigenvalue weighted by Gasteiger charge is -2.09. The molecule has 0 radical (unpaired) electrons. The van der Waals surface area contributed by atoms with Gasteiger partial charge >= 0.3 is 0 Å². The summed E-state index contributed by atoms with van der Waals surface area (Å²) in [6.07, 6.45) is 0. The van der Waals surface area contributed by atoms with Crippen molar-refractivity contribution in [2.75, 3.05) is 5.32 Å². The molecule has 0 aliphatic carbocycles. The molecule has 0 heterocycles. The fraction of sp³-hybridized carbons (Fsp3) is 0. The highest BCUT2D eigenvalue weighted by molar-refractivity contribution is 9.11. The Morgan fingerprint density at radius 2 is 1.58 bits per heavy atom. The zero-order valence-electron chi connectivity index (χ0n) is 9.38. The van der Waals surface area contributed by atoms with Crippen molar-refractivity contribution in [2.45, 2.75) is 0 Å². The minimum absolute atomic E-state index is 0.252. The smallest absolute Gasteiger partial charge is 0.256 e. The third-order valence-electron chi connectivity index (χ3n) is 2.35. The first-order valence-electron chi connectivity index (χ1n) is 5.19. The standard InChI is InChI=1S/C13H7Br2Cl2NO/c14-10-3-1-7(16)5-9(10)13(19)18-12-4-2-8(17)6-11(12)15/h1-6H,(H,18,19). The van der Waals surface area contributed by atoms with Crippen molar-refractivity contribution in [3.63, 3.8) is 0 Å². The van der Waals surface area contributed by atoms with Crippen LogP contribution in [0.2, 0.25) is 10.0 Å². The van der Waals surface area contributed by atoms with Gasteiger partial charge in [0, 0.05) is 19.0 Å². The van der Waals surface area contributed by atoms with Crippen LogP contribution in [0.15, 0.2) is 45.3 Å². The minimum atomic E-state index is -0.252. The maximum absolute atomic E-state index is 12.2. The van der Waals surface area contributed by atoms with Gasteiger partial charge < -0.3 is 5.32 Å². The number of carbonyl (C=O) groups is 1. The fourth-order valence-corrected chi connectivity index (χ4v) is 2.83. The molecule has 1 amide bonds. The summed E-state index contributed by atoms with van der Waals surface area (Å²) < 4.78 is 1.39. The van der Waals surface area contributed by atoms with Crippen molar-refractivity contribution in [3.8, 4) is 0 Å². The molecule has 0 unspecified atom stereocenters. The lowest BCUT2D eigenvalue weighted by Crippen LogP contribution is -2.13. The summed E-state index contributed by atoms with van der Waals surface area (Å²) in [7, 11) is 0. The second-order valence-corrected chi connectivity index (χ2v) is 6.28. The second-order valence-electron chi connectivity index (χ2n) is 3.70. The van der Waals surface area contributed by atoms with Crippen molar-refractivity contribution in [1.82, 2.24) is 0 Å². The van der Waals surface area contributed by atoms with Crippen LogP contribution < -0.4 is 5.32 Å². The Morgan fingerprint density at radius 3 is 2.26 bits per heavy atom. The molecule has 2 rings (SSSR count). The molecule has 6 heteroatoms. The molecule has 2 aromatic rings. The van der Waals surface area contributed by atoms with Crippen LogP contribution in [-0.4, -0.2) is 5.91 Å². The van der Waals surface area contributed by atoms with Crippen molar-refractivity contribution >= 4 is 66.7 Å². The Balaban J connectivity index is 2.28. The van der Waals surface area contributed by atoms with Gasteiger partial charge in [-0.25, -0.2) is 0 Å². The molecule has 98 valence electrons. The van der Waals surface area contributed by atoms with Crippen LogP contribution in [0.4, 0.5) is 5.69 Å². The Kier molecular flexibility index (Phi) is 4.90. The number of hydrogen-bond donors (Lipinski definition) is 1. The van der Waals surface area contributed by atoms with Crippen LogP contribution in [0.25, 0.3) is 0 Å². The first-order valence-corrected chi connectivity index (χ1v) is 7.53. The summed E-state index contributed by atoms with van der Waals surface area (Å²) in [4.78, 5) is 12.2. The van der Waals surface area contributed by atoms with E-state index in [4.69, 9.17) is 23.2 Å². The van der Waals surface area contributed by atoms with E-state index >= 15 is 0 Å². The highest BCUT2D eigenvalue weighted by Gasteiger charge is 2.12. The van der Waals surface area contributed by atoms with Gasteiger partial charge in [0.15, 0.2) is 0 Å². The molecular weight excluding hydrogens is 417 g/mol. The average molecular weight is 424 g/mol. The SMILES string of the molecule is O=C(Nc1ccc(Cl)cc1Br)c1cc(Cl)ccc1Br. The van der Waals surface area contributed by atoms with Crippen LogP contribution in [0.5, 0.6) is 0 Å².